The summed E-state index contributed by atoms with van der Waals surface area (Å²) in [6.45, 7) is 0. The molecule has 1 saturated carbocycles. The molecule has 1 rings (SSSR count). The summed E-state index contributed by atoms with van der Waals surface area (Å²) in [7, 11) is 0. The first-order valence-electron chi connectivity index (χ1n) is 5.05. The zero-order chi connectivity index (χ0) is 11.5. The van der Waals surface area contributed by atoms with E-state index in [1.54, 1.807) is 0 Å². The second kappa shape index (κ2) is 5.43. The predicted octanol–water partition coefficient (Wildman–Crippen LogP) is 2.89. The highest BCUT2D eigenvalue weighted by Crippen LogP contribution is 2.38. The molecule has 86 valence electrons. The highest BCUT2D eigenvalue weighted by molar-refractivity contribution is 9.11. The molecule has 1 fully saturated rings. The van der Waals surface area contributed by atoms with Crippen molar-refractivity contribution in [2.45, 2.75) is 47.7 Å². The van der Waals surface area contributed by atoms with Gasteiger partial charge in [-0.25, -0.2) is 0 Å². The van der Waals surface area contributed by atoms with Gasteiger partial charge in [-0.3, -0.25) is 9.59 Å². The van der Waals surface area contributed by atoms with Crippen molar-refractivity contribution in [3.8, 4) is 0 Å². The number of carbonyl (C=O) groups excluding carboxylic acids is 1. The van der Waals surface area contributed by atoms with Crippen LogP contribution in [0.25, 0.3) is 0 Å². The molecule has 0 aromatic heterocycles. The Balaban J connectivity index is 2.69. The average molecular weight is 342 g/mol. The number of carbonyl (C=O) groups is 2. The summed E-state index contributed by atoms with van der Waals surface area (Å²) >= 11 is 6.80. The number of carboxylic acids is 1. The van der Waals surface area contributed by atoms with Crippen molar-refractivity contribution in [1.82, 2.24) is 0 Å². The number of hydrogen-bond donors (Lipinski definition) is 1. The lowest BCUT2D eigenvalue weighted by Gasteiger charge is -2.25. The summed E-state index contributed by atoms with van der Waals surface area (Å²) in [6, 6.07) is 0. The molecule has 0 aromatic rings. The molecular formula is C10H14Br2O3. The maximum atomic E-state index is 12.0. The van der Waals surface area contributed by atoms with Gasteiger partial charge in [-0.15, -0.1) is 0 Å². The van der Waals surface area contributed by atoms with Crippen LogP contribution in [-0.4, -0.2) is 26.0 Å². The lowest BCUT2D eigenvalue weighted by Crippen LogP contribution is -2.36. The van der Waals surface area contributed by atoms with Crippen LogP contribution < -0.4 is 0 Å². The van der Waals surface area contributed by atoms with E-state index in [1.165, 1.54) is 0 Å². The molecule has 0 spiro atoms. The third-order valence-electron chi connectivity index (χ3n) is 2.74. The summed E-state index contributed by atoms with van der Waals surface area (Å²) in [5, 5.41) is 8.64. The molecule has 0 saturated heterocycles. The topological polar surface area (TPSA) is 54.4 Å². The molecule has 5 heteroatoms. The smallest absolute Gasteiger partial charge is 0.303 e. The zero-order valence-electron chi connectivity index (χ0n) is 8.34. The minimum atomic E-state index is -0.850. The quantitative estimate of drug-likeness (QED) is 0.634. The van der Waals surface area contributed by atoms with E-state index in [4.69, 9.17) is 5.11 Å². The van der Waals surface area contributed by atoms with Crippen LogP contribution in [0, 0.1) is 0 Å². The fraction of sp³-hybridized carbons (Fsp3) is 0.800. The minimum Gasteiger partial charge on any atom is -0.481 e. The molecule has 0 bridgehead atoms. The Morgan fingerprint density at radius 3 is 2.80 bits per heavy atom. The largest absolute Gasteiger partial charge is 0.481 e. The molecule has 0 unspecified atom stereocenters. The fourth-order valence-electron chi connectivity index (χ4n) is 1.82. The van der Waals surface area contributed by atoms with E-state index in [2.05, 4.69) is 31.9 Å². The second-order valence-electron chi connectivity index (χ2n) is 3.94. The van der Waals surface area contributed by atoms with Gasteiger partial charge in [0.1, 0.15) is 0 Å². The number of aliphatic carboxylic acids is 1. The molecule has 1 aliphatic rings. The molecule has 0 aliphatic heterocycles. The predicted molar refractivity (Wildman–Crippen MR) is 64.7 cm³/mol. The highest BCUT2D eigenvalue weighted by atomic mass is 79.9. The molecular weight excluding hydrogens is 328 g/mol. The van der Waals surface area contributed by atoms with Gasteiger partial charge < -0.3 is 5.11 Å². The van der Waals surface area contributed by atoms with Crippen LogP contribution in [0.15, 0.2) is 0 Å². The van der Waals surface area contributed by atoms with Crippen LogP contribution in [0.3, 0.4) is 0 Å². The van der Waals surface area contributed by atoms with Crippen molar-refractivity contribution < 1.29 is 14.7 Å². The third kappa shape index (κ3) is 3.55. The van der Waals surface area contributed by atoms with Crippen molar-refractivity contribution in [3.05, 3.63) is 0 Å². The van der Waals surface area contributed by atoms with E-state index in [0.717, 1.165) is 25.7 Å². The van der Waals surface area contributed by atoms with Crippen molar-refractivity contribution in [2.75, 3.05) is 0 Å². The maximum absolute atomic E-state index is 12.0. The second-order valence-corrected chi connectivity index (χ2v) is 6.56. The van der Waals surface area contributed by atoms with Gasteiger partial charge in [0.05, 0.1) is 9.15 Å². The van der Waals surface area contributed by atoms with E-state index in [1.807, 2.05) is 0 Å². The monoisotopic (exact) mass is 340 g/mol. The van der Waals surface area contributed by atoms with E-state index < -0.39 is 10.3 Å². The number of ketones is 1. The standard InChI is InChI=1S/C10H14Br2O3/c11-7-3-1-2-5-10(12,9(7)15)6-4-8(13)14/h7H,1-6H2,(H,13,14)/t7-,10+/m1/s1. The molecule has 0 heterocycles. The average Bonchev–Trinajstić information content (AvgIpc) is 2.30. The summed E-state index contributed by atoms with van der Waals surface area (Å²) in [5.74, 6) is -0.752. The molecule has 0 amide bonds. The summed E-state index contributed by atoms with van der Waals surface area (Å²) < 4.78 is -0.629. The Morgan fingerprint density at radius 1 is 1.53 bits per heavy atom. The van der Waals surface area contributed by atoms with E-state index in [0.29, 0.717) is 6.42 Å². The van der Waals surface area contributed by atoms with Gasteiger partial charge in [-0.2, -0.15) is 0 Å². The van der Waals surface area contributed by atoms with Gasteiger partial charge in [-0.05, 0) is 19.3 Å². The van der Waals surface area contributed by atoms with Crippen molar-refractivity contribution in [1.29, 1.82) is 0 Å². The molecule has 0 radical (unpaired) electrons. The van der Waals surface area contributed by atoms with E-state index in [-0.39, 0.29) is 17.0 Å². The number of alkyl halides is 2. The van der Waals surface area contributed by atoms with E-state index >= 15 is 0 Å². The maximum Gasteiger partial charge on any atom is 0.303 e. The molecule has 2 atom stereocenters. The van der Waals surface area contributed by atoms with Gasteiger partial charge in [0.2, 0.25) is 0 Å². The van der Waals surface area contributed by atoms with E-state index in [9.17, 15) is 9.59 Å². The number of carboxylic acid groups (broad SMARTS) is 1. The number of halogens is 2. The molecule has 15 heavy (non-hydrogen) atoms. The summed E-state index contributed by atoms with van der Waals surface area (Å²) in [6.07, 6.45) is 3.99. The van der Waals surface area contributed by atoms with Gasteiger partial charge in [0.25, 0.3) is 0 Å². The SMILES string of the molecule is O=C(O)CC[C@@]1(Br)CCCC[C@@H](Br)C1=O. The van der Waals surface area contributed by atoms with Gasteiger partial charge in [-0.1, -0.05) is 44.7 Å². The van der Waals surface area contributed by atoms with Gasteiger partial charge in [0, 0.05) is 6.42 Å². The Hall–Kier alpha value is 0.1000. The molecule has 1 N–H and O–H groups in total. The number of rotatable bonds is 3. The first-order valence-corrected chi connectivity index (χ1v) is 6.76. The Labute approximate surface area is 106 Å². The molecule has 1 aliphatic carbocycles. The minimum absolute atomic E-state index is 0.0384. The number of Topliss-reactive ketones (excluding diaryl/α,β-unsaturated/α-hetero) is 1. The van der Waals surface area contributed by atoms with Gasteiger partial charge >= 0.3 is 5.97 Å². The van der Waals surface area contributed by atoms with Crippen LogP contribution >= 0.6 is 31.9 Å². The normalized spacial score (nSPS) is 32.4. The number of hydrogen-bond acceptors (Lipinski definition) is 2. The molecule has 3 nitrogen and oxygen atoms in total. The van der Waals surface area contributed by atoms with Crippen LogP contribution in [-0.2, 0) is 9.59 Å². The van der Waals surface area contributed by atoms with Gasteiger partial charge in [0.15, 0.2) is 5.78 Å². The van der Waals surface area contributed by atoms with Crippen LogP contribution in [0.5, 0.6) is 0 Å². The summed E-state index contributed by atoms with van der Waals surface area (Å²) in [5.41, 5.74) is 0. The first kappa shape index (κ1) is 13.2. The first-order chi connectivity index (χ1) is 6.96. The highest BCUT2D eigenvalue weighted by Gasteiger charge is 2.40. The van der Waals surface area contributed by atoms with Crippen molar-refractivity contribution in [2.24, 2.45) is 0 Å². The van der Waals surface area contributed by atoms with Crippen LogP contribution in [0.2, 0.25) is 0 Å². The van der Waals surface area contributed by atoms with Crippen LogP contribution in [0.4, 0.5) is 0 Å². The lowest BCUT2D eigenvalue weighted by molar-refractivity contribution is -0.137. The Morgan fingerprint density at radius 2 is 2.20 bits per heavy atom. The Kier molecular flexibility index (Phi) is 4.77. The van der Waals surface area contributed by atoms with Crippen molar-refractivity contribution in [3.63, 3.8) is 0 Å². The van der Waals surface area contributed by atoms with Crippen molar-refractivity contribution >= 4 is 43.6 Å². The fourth-order valence-corrected chi connectivity index (χ4v) is 3.64. The zero-order valence-corrected chi connectivity index (χ0v) is 11.5. The lowest BCUT2D eigenvalue weighted by atomic mass is 9.93. The summed E-state index contributed by atoms with van der Waals surface area (Å²) in [4.78, 5) is 22.4. The molecule has 0 aromatic carbocycles. The third-order valence-corrected chi connectivity index (χ3v) is 4.80. The van der Waals surface area contributed by atoms with Crippen LogP contribution in [0.1, 0.15) is 38.5 Å². The Bertz CT molecular complexity index is 267.